The van der Waals surface area contributed by atoms with Crippen molar-refractivity contribution < 1.29 is 9.57 Å². The number of hydrogen-bond donors (Lipinski definition) is 0. The smallest absolute Gasteiger partial charge is 0.237 e. The average molecular weight is 180 g/mol. The molecule has 0 amide bonds. The summed E-state index contributed by atoms with van der Waals surface area (Å²) < 4.78 is 1.87. The lowest BCUT2D eigenvalue weighted by Gasteiger charge is -2.05. The topological polar surface area (TPSA) is 13.1 Å². The highest BCUT2D eigenvalue weighted by atomic mass is 16.7. The minimum atomic E-state index is 0.549. The van der Waals surface area contributed by atoms with Gasteiger partial charge in [0, 0.05) is 22.8 Å². The van der Waals surface area contributed by atoms with Crippen LogP contribution in [-0.4, -0.2) is 6.61 Å². The van der Waals surface area contributed by atoms with E-state index in [1.165, 1.54) is 5.69 Å². The van der Waals surface area contributed by atoms with Crippen molar-refractivity contribution in [2.75, 3.05) is 6.61 Å². The van der Waals surface area contributed by atoms with E-state index in [0.29, 0.717) is 12.5 Å². The van der Waals surface area contributed by atoms with E-state index < -0.39 is 0 Å². The Labute approximate surface area is 80.1 Å². The molecule has 1 aromatic rings. The van der Waals surface area contributed by atoms with Crippen molar-refractivity contribution in [2.24, 2.45) is 0 Å². The zero-order chi connectivity index (χ0) is 9.68. The van der Waals surface area contributed by atoms with Crippen molar-refractivity contribution in [2.45, 2.75) is 33.1 Å². The monoisotopic (exact) mass is 180 g/mol. The summed E-state index contributed by atoms with van der Waals surface area (Å²) in [6, 6.07) is 6.16. The lowest BCUT2D eigenvalue weighted by atomic mass is 10.0. The van der Waals surface area contributed by atoms with Crippen LogP contribution in [0.25, 0.3) is 0 Å². The maximum Gasteiger partial charge on any atom is 0.237 e. The molecule has 1 atom stereocenters. The van der Waals surface area contributed by atoms with Crippen LogP contribution in [0.1, 0.15) is 38.8 Å². The summed E-state index contributed by atoms with van der Waals surface area (Å²) >= 11 is 0. The first kappa shape index (κ1) is 10.0. The van der Waals surface area contributed by atoms with E-state index >= 15 is 0 Å². The van der Waals surface area contributed by atoms with Gasteiger partial charge in [0.15, 0.2) is 6.61 Å². The fourth-order valence-electron chi connectivity index (χ4n) is 1.29. The number of aromatic nitrogens is 1. The van der Waals surface area contributed by atoms with Crippen molar-refractivity contribution in [3.8, 4) is 0 Å². The van der Waals surface area contributed by atoms with Crippen LogP contribution in [0.5, 0.6) is 0 Å². The molecule has 1 unspecified atom stereocenters. The summed E-state index contributed by atoms with van der Waals surface area (Å²) in [6.45, 7) is 7.11. The third-order valence-electron chi connectivity index (χ3n) is 2.24. The molecule has 0 aliphatic rings. The number of hydrogen-bond acceptors (Lipinski definition) is 1. The minimum Gasteiger partial charge on any atom is -0.271 e. The predicted octanol–water partition coefficient (Wildman–Crippen LogP) is 1.94. The van der Waals surface area contributed by atoms with E-state index in [1.54, 1.807) is 0 Å². The summed E-state index contributed by atoms with van der Waals surface area (Å²) in [5.74, 6) is 0.549. The highest BCUT2D eigenvalue weighted by Crippen LogP contribution is 2.13. The molecule has 0 radical (unpaired) electrons. The van der Waals surface area contributed by atoms with Crippen LogP contribution in [0, 0.1) is 0 Å². The quantitative estimate of drug-likeness (QED) is 0.645. The highest BCUT2D eigenvalue weighted by molar-refractivity contribution is 5.01. The third-order valence-corrected chi connectivity index (χ3v) is 2.24. The first-order valence-electron chi connectivity index (χ1n) is 4.93. The molecule has 13 heavy (non-hydrogen) atoms. The summed E-state index contributed by atoms with van der Waals surface area (Å²) in [6.07, 6.45) is 3.10. The Bertz CT molecular complexity index is 260. The summed E-state index contributed by atoms with van der Waals surface area (Å²) in [4.78, 5) is 5.48. The first-order chi connectivity index (χ1) is 6.29. The van der Waals surface area contributed by atoms with E-state index in [1.807, 2.05) is 23.9 Å². The molecule has 0 spiro atoms. The Hall–Kier alpha value is -1.05. The second-order valence-electron chi connectivity index (χ2n) is 3.18. The Balaban J connectivity index is 2.90. The maximum absolute atomic E-state index is 5.48. The Morgan fingerprint density at radius 1 is 1.38 bits per heavy atom. The van der Waals surface area contributed by atoms with Gasteiger partial charge in [-0.25, -0.2) is 0 Å². The molecule has 0 saturated carbocycles. The third kappa shape index (κ3) is 2.44. The van der Waals surface area contributed by atoms with Gasteiger partial charge < -0.3 is 0 Å². The lowest BCUT2D eigenvalue weighted by Crippen LogP contribution is -2.46. The molecule has 0 bridgehead atoms. The van der Waals surface area contributed by atoms with Crippen LogP contribution in [0.2, 0.25) is 0 Å². The van der Waals surface area contributed by atoms with Gasteiger partial charge in [-0.1, -0.05) is 13.8 Å². The summed E-state index contributed by atoms with van der Waals surface area (Å²) in [5.41, 5.74) is 1.24. The largest absolute Gasteiger partial charge is 0.271 e. The standard InChI is InChI=1S/C11H18NO/c1-4-10(3)11-8-6-7-9-12(11)13-5-2/h6-10H,4-5H2,1-3H3/q+1. The lowest BCUT2D eigenvalue weighted by molar-refractivity contribution is -0.896. The van der Waals surface area contributed by atoms with Gasteiger partial charge in [-0.3, -0.25) is 4.84 Å². The van der Waals surface area contributed by atoms with Gasteiger partial charge in [-0.15, -0.1) is 0 Å². The zero-order valence-corrected chi connectivity index (χ0v) is 8.66. The number of nitrogens with zero attached hydrogens (tertiary/aromatic N) is 1. The number of pyridine rings is 1. The molecule has 72 valence electrons. The molecular formula is C11H18NO+. The fraction of sp³-hybridized carbons (Fsp3) is 0.545. The molecule has 0 saturated heterocycles. The summed E-state index contributed by atoms with van der Waals surface area (Å²) in [7, 11) is 0. The molecule has 0 N–H and O–H groups in total. The van der Waals surface area contributed by atoms with Crippen molar-refractivity contribution in [3.63, 3.8) is 0 Å². The molecule has 2 heteroatoms. The van der Waals surface area contributed by atoms with Gasteiger partial charge in [-0.2, -0.15) is 0 Å². The SMILES string of the molecule is CCO[n+]1ccccc1C(C)CC. The van der Waals surface area contributed by atoms with Crippen LogP contribution in [0.4, 0.5) is 0 Å². The fourth-order valence-corrected chi connectivity index (χ4v) is 1.29. The van der Waals surface area contributed by atoms with Crippen LogP contribution in [-0.2, 0) is 0 Å². The molecule has 0 aliphatic heterocycles. The van der Waals surface area contributed by atoms with E-state index in [0.717, 1.165) is 6.42 Å². The molecule has 2 nitrogen and oxygen atoms in total. The van der Waals surface area contributed by atoms with Gasteiger partial charge in [0.05, 0.1) is 0 Å². The second kappa shape index (κ2) is 4.85. The Kier molecular flexibility index (Phi) is 3.74. The van der Waals surface area contributed by atoms with E-state index in [-0.39, 0.29) is 0 Å². The summed E-state index contributed by atoms with van der Waals surface area (Å²) in [5, 5.41) is 0. The molecule has 0 fully saturated rings. The van der Waals surface area contributed by atoms with Gasteiger partial charge in [-0.05, 0) is 19.4 Å². The van der Waals surface area contributed by atoms with Gasteiger partial charge in [0.2, 0.25) is 11.9 Å². The molecule has 1 heterocycles. The van der Waals surface area contributed by atoms with E-state index in [2.05, 4.69) is 26.0 Å². The van der Waals surface area contributed by atoms with Crippen molar-refractivity contribution in [1.82, 2.24) is 0 Å². The molecule has 1 aromatic heterocycles. The average Bonchev–Trinajstić information content (AvgIpc) is 2.18. The van der Waals surface area contributed by atoms with E-state index in [4.69, 9.17) is 4.84 Å². The van der Waals surface area contributed by atoms with Crippen LogP contribution in [0.15, 0.2) is 24.4 Å². The minimum absolute atomic E-state index is 0.549. The highest BCUT2D eigenvalue weighted by Gasteiger charge is 2.16. The maximum atomic E-state index is 5.48. The predicted molar refractivity (Wildman–Crippen MR) is 52.5 cm³/mol. The van der Waals surface area contributed by atoms with Crippen molar-refractivity contribution in [1.29, 1.82) is 0 Å². The molecule has 0 aromatic carbocycles. The first-order valence-corrected chi connectivity index (χ1v) is 4.93. The Morgan fingerprint density at radius 2 is 2.15 bits per heavy atom. The van der Waals surface area contributed by atoms with Crippen LogP contribution < -0.4 is 9.57 Å². The van der Waals surface area contributed by atoms with Crippen LogP contribution in [0.3, 0.4) is 0 Å². The number of rotatable bonds is 4. The van der Waals surface area contributed by atoms with Crippen molar-refractivity contribution >= 4 is 0 Å². The van der Waals surface area contributed by atoms with Gasteiger partial charge in [0.1, 0.15) is 0 Å². The van der Waals surface area contributed by atoms with Gasteiger partial charge in [0.25, 0.3) is 0 Å². The zero-order valence-electron chi connectivity index (χ0n) is 8.66. The van der Waals surface area contributed by atoms with Gasteiger partial charge >= 0.3 is 0 Å². The van der Waals surface area contributed by atoms with Crippen molar-refractivity contribution in [3.05, 3.63) is 30.1 Å². The molecular weight excluding hydrogens is 162 g/mol. The Morgan fingerprint density at radius 3 is 2.77 bits per heavy atom. The second-order valence-corrected chi connectivity index (χ2v) is 3.18. The molecule has 1 rings (SSSR count). The van der Waals surface area contributed by atoms with Crippen LogP contribution >= 0.6 is 0 Å². The van der Waals surface area contributed by atoms with E-state index in [9.17, 15) is 0 Å². The molecule has 0 aliphatic carbocycles. The normalized spacial score (nSPS) is 12.5.